The van der Waals surface area contributed by atoms with Crippen LogP contribution in [0.1, 0.15) is 0 Å². The van der Waals surface area contributed by atoms with E-state index in [1.165, 1.54) is 0 Å². The summed E-state index contributed by atoms with van der Waals surface area (Å²) in [6.07, 6.45) is 0. The Hall–Kier alpha value is 1.15. The first-order valence-electron chi connectivity index (χ1n) is 1.00. The monoisotopic (exact) mass is 270 g/mol. The van der Waals surface area contributed by atoms with Crippen molar-refractivity contribution in [2.75, 3.05) is 0 Å². The zero-order chi connectivity index (χ0) is 4.62. The van der Waals surface area contributed by atoms with Gasteiger partial charge >= 0.3 is 10.4 Å². The molecule has 1 aliphatic heterocycles. The fourth-order valence-electron chi connectivity index (χ4n) is 0.0731. The first kappa shape index (κ1) is 8.15. The van der Waals surface area contributed by atoms with Gasteiger partial charge in [0.2, 0.25) is 0 Å². The Morgan fingerprint density at radius 3 is 1.43 bits per heavy atom. The van der Waals surface area contributed by atoms with E-state index in [2.05, 4.69) is 13.7 Å². The molecule has 1 saturated heterocycles. The van der Waals surface area contributed by atoms with Crippen LogP contribution in [0.4, 0.5) is 0 Å². The van der Waals surface area contributed by atoms with E-state index in [1.54, 1.807) is 0 Å². The van der Waals surface area contributed by atoms with Gasteiger partial charge in [0.1, 0.15) is 0 Å². The molecule has 7 heavy (non-hydrogen) atoms. The Morgan fingerprint density at radius 2 is 1.43 bits per heavy atom. The second-order valence-corrected chi connectivity index (χ2v) is 1.70. The van der Waals surface area contributed by atoms with Crippen LogP contribution in [0.25, 0.3) is 0 Å². The molecular formula is GdO5S. The first-order chi connectivity index (χ1) is 2.71. The largest absolute Gasteiger partial charge is 0.457 e. The van der Waals surface area contributed by atoms with Crippen molar-refractivity contribution in [1.29, 1.82) is 0 Å². The van der Waals surface area contributed by atoms with Gasteiger partial charge in [-0.15, -0.1) is 0 Å². The van der Waals surface area contributed by atoms with Crippen LogP contribution in [0.15, 0.2) is 0 Å². The van der Waals surface area contributed by atoms with Crippen LogP contribution in [0.2, 0.25) is 0 Å². The Labute approximate surface area is 71.8 Å². The fraction of sp³-hybridized carbons (Fsp3) is 0. The number of hydrogen-bond acceptors (Lipinski definition) is 5. The summed E-state index contributed by atoms with van der Waals surface area (Å²) in [5.74, 6) is 0. The maximum absolute atomic E-state index is 9.52. The Bertz CT molecular complexity index is 122. The summed E-state index contributed by atoms with van der Waals surface area (Å²) < 4.78 is 25.8. The molecule has 0 atom stereocenters. The molecule has 0 aromatic rings. The van der Waals surface area contributed by atoms with Crippen molar-refractivity contribution in [3.63, 3.8) is 0 Å². The van der Waals surface area contributed by atoms with E-state index in [4.69, 9.17) is 0 Å². The average Bonchev–Trinajstić information content (AvgIpc) is 1.32. The van der Waals surface area contributed by atoms with Gasteiger partial charge in [0.25, 0.3) is 0 Å². The molecule has 0 bridgehead atoms. The van der Waals surface area contributed by atoms with Crippen LogP contribution in [0, 0.1) is 39.9 Å². The Balaban J connectivity index is 0.000000360. The third-order valence-corrected chi connectivity index (χ3v) is 0.667. The molecule has 0 aliphatic carbocycles. The summed E-state index contributed by atoms with van der Waals surface area (Å²) in [5, 5.41) is 3.35. The SMILES string of the molecule is O=S1(=O)OOO1.[Gd]. The summed E-state index contributed by atoms with van der Waals surface area (Å²) in [6.45, 7) is 0. The van der Waals surface area contributed by atoms with Gasteiger partial charge in [0.15, 0.2) is 0 Å². The zero-order valence-corrected chi connectivity index (χ0v) is 5.89. The van der Waals surface area contributed by atoms with Crippen molar-refractivity contribution in [1.82, 2.24) is 0 Å². The second-order valence-electron chi connectivity index (χ2n) is 0.612. The molecule has 1 rings (SSSR count). The van der Waals surface area contributed by atoms with Crippen molar-refractivity contribution < 1.29 is 62.1 Å². The van der Waals surface area contributed by atoms with E-state index >= 15 is 0 Å². The van der Waals surface area contributed by atoms with Gasteiger partial charge in [-0.2, -0.15) is 8.42 Å². The van der Waals surface area contributed by atoms with Gasteiger partial charge in [-0.05, 0) is 13.7 Å². The molecule has 0 saturated carbocycles. The molecule has 0 aromatic heterocycles. The van der Waals surface area contributed by atoms with Gasteiger partial charge in [0.05, 0.1) is 0 Å². The van der Waals surface area contributed by atoms with Crippen LogP contribution in [0.5, 0.6) is 0 Å². The minimum atomic E-state index is -3.70. The maximum Gasteiger partial charge on any atom is 0.457 e. The van der Waals surface area contributed by atoms with E-state index in [0.717, 1.165) is 0 Å². The molecule has 1 heterocycles. The molecule has 1 fully saturated rings. The topological polar surface area (TPSA) is 61.8 Å². The van der Waals surface area contributed by atoms with Crippen LogP contribution >= 0.6 is 0 Å². The Morgan fingerprint density at radius 1 is 1.14 bits per heavy atom. The van der Waals surface area contributed by atoms with Gasteiger partial charge in [-0.3, -0.25) is 0 Å². The average molecular weight is 269 g/mol. The summed E-state index contributed by atoms with van der Waals surface area (Å²) in [5.41, 5.74) is 0. The van der Waals surface area contributed by atoms with Crippen LogP contribution in [-0.2, 0) is 24.1 Å². The molecule has 0 aromatic carbocycles. The molecule has 5 nitrogen and oxygen atoms in total. The van der Waals surface area contributed by atoms with Crippen LogP contribution < -0.4 is 0 Å². The molecular weight excluding hydrogens is 269 g/mol. The van der Waals surface area contributed by atoms with Gasteiger partial charge in [0, 0.05) is 39.9 Å². The minimum Gasteiger partial charge on any atom is -0.164 e. The molecule has 7 heteroatoms. The van der Waals surface area contributed by atoms with Crippen molar-refractivity contribution in [2.24, 2.45) is 0 Å². The molecule has 0 N–H and O–H groups in total. The molecule has 0 unspecified atom stereocenters. The molecule has 0 spiro atoms. The summed E-state index contributed by atoms with van der Waals surface area (Å²) in [7, 11) is -3.70. The van der Waals surface area contributed by atoms with E-state index < -0.39 is 10.4 Å². The number of hydrogen-bond donors (Lipinski definition) is 0. The van der Waals surface area contributed by atoms with Gasteiger partial charge in [-0.1, -0.05) is 0 Å². The smallest absolute Gasteiger partial charge is 0.164 e. The third kappa shape index (κ3) is 2.27. The molecule has 44 valence electrons. The van der Waals surface area contributed by atoms with Crippen molar-refractivity contribution >= 4 is 10.4 Å². The van der Waals surface area contributed by atoms with E-state index in [-0.39, 0.29) is 39.9 Å². The van der Waals surface area contributed by atoms with Crippen molar-refractivity contribution in [3.05, 3.63) is 0 Å². The van der Waals surface area contributed by atoms with Crippen LogP contribution in [-0.4, -0.2) is 8.42 Å². The maximum atomic E-state index is 9.52. The number of rotatable bonds is 0. The normalized spacial score (nSPS) is 24.6. The molecule has 0 radical (unpaired) electrons. The predicted molar refractivity (Wildman–Crippen MR) is 12.2 cm³/mol. The summed E-state index contributed by atoms with van der Waals surface area (Å²) in [4.78, 5) is 0. The third-order valence-electron chi connectivity index (χ3n) is 0.222. The van der Waals surface area contributed by atoms with Crippen molar-refractivity contribution in [2.45, 2.75) is 0 Å². The Kier molecular flexibility index (Phi) is 3.06. The second kappa shape index (κ2) is 2.63. The standard InChI is InChI=1S/Gd.O5S/c;1-6(2)4-3-5-6. The fourth-order valence-corrected chi connectivity index (χ4v) is 0.219. The van der Waals surface area contributed by atoms with E-state index in [9.17, 15) is 8.42 Å². The van der Waals surface area contributed by atoms with Gasteiger partial charge < -0.3 is 0 Å². The molecule has 1 aliphatic rings. The first-order valence-corrected chi connectivity index (χ1v) is 2.33. The van der Waals surface area contributed by atoms with Crippen LogP contribution in [0.3, 0.4) is 0 Å². The summed E-state index contributed by atoms with van der Waals surface area (Å²) >= 11 is 0. The van der Waals surface area contributed by atoms with E-state index in [0.29, 0.717) is 0 Å². The van der Waals surface area contributed by atoms with Crippen molar-refractivity contribution in [3.8, 4) is 0 Å². The predicted octanol–water partition coefficient (Wildman–Crippen LogP) is -0.875. The van der Waals surface area contributed by atoms with E-state index in [1.807, 2.05) is 0 Å². The summed E-state index contributed by atoms with van der Waals surface area (Å²) in [6, 6.07) is 0. The van der Waals surface area contributed by atoms with Gasteiger partial charge in [-0.25, -0.2) is 0 Å². The zero-order valence-electron chi connectivity index (χ0n) is 2.80. The minimum absolute atomic E-state index is 0. The quantitative estimate of drug-likeness (QED) is 0.535. The molecule has 0 amide bonds.